The summed E-state index contributed by atoms with van der Waals surface area (Å²) in [6.07, 6.45) is 3.05. The molecule has 0 aromatic carbocycles. The quantitative estimate of drug-likeness (QED) is 0.631. The van der Waals surface area contributed by atoms with Crippen LogP contribution in [-0.2, 0) is 4.79 Å². The van der Waals surface area contributed by atoms with Gasteiger partial charge < -0.3 is 5.32 Å². The summed E-state index contributed by atoms with van der Waals surface area (Å²) >= 11 is 0. The molecule has 2 nitrogen and oxygen atoms in total. The highest BCUT2D eigenvalue weighted by molar-refractivity contribution is 5.76. The van der Waals surface area contributed by atoms with Gasteiger partial charge in [-0.1, -0.05) is 13.8 Å². The second kappa shape index (κ2) is 3.04. The van der Waals surface area contributed by atoms with Crippen LogP contribution in [0.5, 0.6) is 0 Å². The molecule has 1 amide bonds. The lowest BCUT2D eigenvalue weighted by Crippen LogP contribution is -2.26. The van der Waals surface area contributed by atoms with Crippen LogP contribution in [0, 0.1) is 5.92 Å². The fourth-order valence-corrected chi connectivity index (χ4v) is 0.885. The molecule has 0 bridgehead atoms. The minimum Gasteiger partial charge on any atom is -0.353 e. The molecule has 0 unspecified atom stereocenters. The largest absolute Gasteiger partial charge is 0.353 e. The summed E-state index contributed by atoms with van der Waals surface area (Å²) in [6, 6.07) is 0.520. The molecule has 1 rings (SSSR count). The van der Waals surface area contributed by atoms with Crippen molar-refractivity contribution in [3.8, 4) is 0 Å². The Kier molecular flexibility index (Phi) is 2.30. The molecule has 0 aromatic rings. The SMILES string of the molecule is CC(C)CC(=O)NC1CC1. The second-order valence-electron chi connectivity index (χ2n) is 3.44. The molecule has 1 aliphatic rings. The molecule has 0 aromatic heterocycles. The van der Waals surface area contributed by atoms with E-state index in [4.69, 9.17) is 0 Å². The van der Waals surface area contributed by atoms with Gasteiger partial charge in [-0.25, -0.2) is 0 Å². The zero-order valence-electron chi connectivity index (χ0n) is 6.68. The molecule has 0 radical (unpaired) electrons. The van der Waals surface area contributed by atoms with Gasteiger partial charge in [-0.3, -0.25) is 4.79 Å². The van der Waals surface area contributed by atoms with Crippen molar-refractivity contribution in [1.29, 1.82) is 0 Å². The number of hydrogen-bond donors (Lipinski definition) is 1. The van der Waals surface area contributed by atoms with Crippen molar-refractivity contribution in [2.45, 2.75) is 39.2 Å². The first-order valence-corrected chi connectivity index (χ1v) is 3.98. The fourth-order valence-electron chi connectivity index (χ4n) is 0.885. The van der Waals surface area contributed by atoms with E-state index >= 15 is 0 Å². The minimum absolute atomic E-state index is 0.220. The van der Waals surface area contributed by atoms with E-state index in [1.165, 1.54) is 12.8 Å². The first-order chi connectivity index (χ1) is 4.68. The van der Waals surface area contributed by atoms with E-state index in [0.29, 0.717) is 18.4 Å². The van der Waals surface area contributed by atoms with E-state index in [-0.39, 0.29) is 5.91 Å². The number of rotatable bonds is 3. The van der Waals surface area contributed by atoms with Crippen molar-refractivity contribution < 1.29 is 4.79 Å². The van der Waals surface area contributed by atoms with Gasteiger partial charge in [0.15, 0.2) is 0 Å². The summed E-state index contributed by atoms with van der Waals surface area (Å²) in [6.45, 7) is 4.12. The standard InChI is InChI=1S/C8H15NO/c1-6(2)5-8(10)9-7-3-4-7/h6-7H,3-5H2,1-2H3,(H,9,10). The molecular weight excluding hydrogens is 126 g/mol. The van der Waals surface area contributed by atoms with Crippen molar-refractivity contribution in [2.24, 2.45) is 5.92 Å². The van der Waals surface area contributed by atoms with Crippen LogP contribution in [0.2, 0.25) is 0 Å². The first kappa shape index (κ1) is 7.58. The lowest BCUT2D eigenvalue weighted by Gasteiger charge is -2.04. The molecule has 0 atom stereocenters. The molecule has 0 spiro atoms. The molecule has 1 aliphatic carbocycles. The molecule has 1 N–H and O–H groups in total. The Morgan fingerprint density at radius 3 is 2.60 bits per heavy atom. The minimum atomic E-state index is 0.220. The fraction of sp³-hybridized carbons (Fsp3) is 0.875. The normalized spacial score (nSPS) is 17.5. The van der Waals surface area contributed by atoms with Crippen molar-refractivity contribution in [3.63, 3.8) is 0 Å². The zero-order chi connectivity index (χ0) is 7.56. The van der Waals surface area contributed by atoms with E-state index in [0.717, 1.165) is 0 Å². The highest BCUT2D eigenvalue weighted by Crippen LogP contribution is 2.18. The average Bonchev–Trinajstić information content (AvgIpc) is 2.46. The van der Waals surface area contributed by atoms with Gasteiger partial charge in [-0.05, 0) is 18.8 Å². The molecule has 0 aliphatic heterocycles. The van der Waals surface area contributed by atoms with E-state index in [9.17, 15) is 4.79 Å². The van der Waals surface area contributed by atoms with Gasteiger partial charge in [0, 0.05) is 12.5 Å². The van der Waals surface area contributed by atoms with Crippen LogP contribution in [0.4, 0.5) is 0 Å². The topological polar surface area (TPSA) is 29.1 Å². The van der Waals surface area contributed by atoms with E-state index in [1.807, 2.05) is 0 Å². The third kappa shape index (κ3) is 2.85. The van der Waals surface area contributed by atoms with Crippen LogP contribution < -0.4 is 5.32 Å². The Morgan fingerprint density at radius 2 is 2.20 bits per heavy atom. The van der Waals surface area contributed by atoms with Gasteiger partial charge in [0.2, 0.25) is 5.91 Å². The van der Waals surface area contributed by atoms with Gasteiger partial charge in [0.25, 0.3) is 0 Å². The summed E-state index contributed by atoms with van der Waals surface area (Å²) in [4.78, 5) is 11.0. The maximum Gasteiger partial charge on any atom is 0.220 e. The summed E-state index contributed by atoms with van der Waals surface area (Å²) in [5, 5.41) is 2.95. The molecule has 1 saturated carbocycles. The average molecular weight is 141 g/mol. The Hall–Kier alpha value is -0.530. The number of hydrogen-bond acceptors (Lipinski definition) is 1. The molecule has 0 saturated heterocycles. The van der Waals surface area contributed by atoms with Crippen molar-refractivity contribution >= 4 is 5.91 Å². The van der Waals surface area contributed by atoms with Crippen LogP contribution in [0.15, 0.2) is 0 Å². The lowest BCUT2D eigenvalue weighted by atomic mass is 10.1. The third-order valence-corrected chi connectivity index (χ3v) is 1.54. The van der Waals surface area contributed by atoms with Gasteiger partial charge in [-0.15, -0.1) is 0 Å². The highest BCUT2D eigenvalue weighted by Gasteiger charge is 2.22. The predicted molar refractivity (Wildman–Crippen MR) is 40.6 cm³/mol. The predicted octanol–water partition coefficient (Wildman–Crippen LogP) is 1.31. The Labute approximate surface area is 62.0 Å². The first-order valence-electron chi connectivity index (χ1n) is 3.98. The Balaban J connectivity index is 2.08. The number of amides is 1. The van der Waals surface area contributed by atoms with Crippen LogP contribution >= 0.6 is 0 Å². The van der Waals surface area contributed by atoms with Gasteiger partial charge in [0.1, 0.15) is 0 Å². The van der Waals surface area contributed by atoms with Crippen LogP contribution in [0.1, 0.15) is 33.1 Å². The van der Waals surface area contributed by atoms with Crippen molar-refractivity contribution in [1.82, 2.24) is 5.32 Å². The number of carbonyl (C=O) groups excluding carboxylic acids is 1. The highest BCUT2D eigenvalue weighted by atomic mass is 16.1. The second-order valence-corrected chi connectivity index (χ2v) is 3.44. The van der Waals surface area contributed by atoms with Gasteiger partial charge in [0.05, 0.1) is 0 Å². The van der Waals surface area contributed by atoms with Crippen LogP contribution in [-0.4, -0.2) is 11.9 Å². The van der Waals surface area contributed by atoms with Crippen molar-refractivity contribution in [3.05, 3.63) is 0 Å². The lowest BCUT2D eigenvalue weighted by molar-refractivity contribution is -0.121. The maximum absolute atomic E-state index is 11.0. The van der Waals surface area contributed by atoms with Gasteiger partial charge >= 0.3 is 0 Å². The molecule has 58 valence electrons. The Morgan fingerprint density at radius 1 is 1.60 bits per heavy atom. The zero-order valence-corrected chi connectivity index (χ0v) is 6.68. The summed E-state index contributed by atoms with van der Waals surface area (Å²) in [5.41, 5.74) is 0. The van der Waals surface area contributed by atoms with Gasteiger partial charge in [-0.2, -0.15) is 0 Å². The monoisotopic (exact) mass is 141 g/mol. The van der Waals surface area contributed by atoms with E-state index < -0.39 is 0 Å². The molecule has 0 heterocycles. The maximum atomic E-state index is 11.0. The number of nitrogens with one attached hydrogen (secondary N) is 1. The van der Waals surface area contributed by atoms with Crippen LogP contribution in [0.3, 0.4) is 0 Å². The third-order valence-electron chi connectivity index (χ3n) is 1.54. The van der Waals surface area contributed by atoms with E-state index in [2.05, 4.69) is 19.2 Å². The Bertz CT molecular complexity index is 121. The molecule has 10 heavy (non-hydrogen) atoms. The van der Waals surface area contributed by atoms with Crippen molar-refractivity contribution in [2.75, 3.05) is 0 Å². The summed E-state index contributed by atoms with van der Waals surface area (Å²) in [7, 11) is 0. The van der Waals surface area contributed by atoms with E-state index in [1.54, 1.807) is 0 Å². The summed E-state index contributed by atoms with van der Waals surface area (Å²) in [5.74, 6) is 0.705. The number of carbonyl (C=O) groups is 1. The smallest absolute Gasteiger partial charge is 0.220 e. The summed E-state index contributed by atoms with van der Waals surface area (Å²) < 4.78 is 0. The molecular formula is C8H15NO. The molecule has 2 heteroatoms. The molecule has 1 fully saturated rings. The van der Waals surface area contributed by atoms with Crippen LogP contribution in [0.25, 0.3) is 0 Å².